The van der Waals surface area contributed by atoms with Crippen LogP contribution < -0.4 is 5.11 Å². The van der Waals surface area contributed by atoms with Crippen molar-refractivity contribution in [3.05, 3.63) is 35.8 Å². The van der Waals surface area contributed by atoms with Crippen LogP contribution in [0, 0.1) is 0 Å². The van der Waals surface area contributed by atoms with Gasteiger partial charge in [-0.1, -0.05) is 12.1 Å². The second-order valence-electron chi connectivity index (χ2n) is 2.33. The van der Waals surface area contributed by atoms with E-state index >= 15 is 0 Å². The zero-order valence-corrected chi connectivity index (χ0v) is 7.04. The molecule has 0 aliphatic rings. The third-order valence-electron chi connectivity index (χ3n) is 1.56. The third-order valence-corrected chi connectivity index (χ3v) is 2.46. The van der Waals surface area contributed by atoms with Crippen LogP contribution in [0.25, 0.3) is 10.4 Å². The molecule has 2 aromatic heterocycles. The summed E-state index contributed by atoms with van der Waals surface area (Å²) >= 11 is 1.55. The van der Waals surface area contributed by atoms with E-state index in [0.29, 0.717) is 5.56 Å². The molecule has 0 bridgehead atoms. The number of hydrogen-bond acceptors (Lipinski definition) is 3. The van der Waals surface area contributed by atoms with Crippen molar-refractivity contribution in [1.82, 2.24) is 4.98 Å². The molecular weight excluding hydrogens is 170 g/mol. The fourth-order valence-electron chi connectivity index (χ4n) is 1.01. The monoisotopic (exact) mass is 176 g/mol. The van der Waals surface area contributed by atoms with Gasteiger partial charge < -0.3 is 5.11 Å². The molecule has 0 spiro atoms. The van der Waals surface area contributed by atoms with Gasteiger partial charge in [0.1, 0.15) is 0 Å². The first-order valence-corrected chi connectivity index (χ1v) is 4.42. The van der Waals surface area contributed by atoms with Crippen molar-refractivity contribution in [2.45, 2.75) is 0 Å². The lowest BCUT2D eigenvalue weighted by Gasteiger charge is -2.08. The van der Waals surface area contributed by atoms with E-state index in [1.807, 2.05) is 17.5 Å². The quantitative estimate of drug-likeness (QED) is 0.665. The van der Waals surface area contributed by atoms with E-state index in [1.165, 1.54) is 6.20 Å². The first kappa shape index (κ1) is 7.31. The number of pyridine rings is 1. The SMILES string of the molecule is [O-]c1ncccc1-c1cccs1. The highest BCUT2D eigenvalue weighted by atomic mass is 32.1. The topological polar surface area (TPSA) is 36.0 Å². The Hall–Kier alpha value is -1.35. The number of aromatic nitrogens is 1. The van der Waals surface area contributed by atoms with Gasteiger partial charge in [-0.15, -0.1) is 11.3 Å². The molecule has 2 heterocycles. The second kappa shape index (κ2) is 2.95. The van der Waals surface area contributed by atoms with E-state index in [0.717, 1.165) is 4.88 Å². The van der Waals surface area contributed by atoms with Crippen LogP contribution in [0.3, 0.4) is 0 Å². The Morgan fingerprint density at radius 1 is 1.25 bits per heavy atom. The van der Waals surface area contributed by atoms with Crippen molar-refractivity contribution < 1.29 is 5.11 Å². The van der Waals surface area contributed by atoms with Crippen LogP contribution in [0.15, 0.2) is 35.8 Å². The van der Waals surface area contributed by atoms with Crippen molar-refractivity contribution in [1.29, 1.82) is 0 Å². The van der Waals surface area contributed by atoms with Crippen LogP contribution >= 0.6 is 11.3 Å². The van der Waals surface area contributed by atoms with E-state index in [2.05, 4.69) is 4.98 Å². The minimum atomic E-state index is -0.153. The van der Waals surface area contributed by atoms with Gasteiger partial charge >= 0.3 is 0 Å². The molecule has 0 amide bonds. The molecule has 0 atom stereocenters. The van der Waals surface area contributed by atoms with E-state index in [4.69, 9.17) is 0 Å². The molecule has 12 heavy (non-hydrogen) atoms. The van der Waals surface area contributed by atoms with Gasteiger partial charge in [0.25, 0.3) is 0 Å². The lowest BCUT2D eigenvalue weighted by molar-refractivity contribution is -0.273. The van der Waals surface area contributed by atoms with Crippen LogP contribution in [-0.2, 0) is 0 Å². The Bertz CT molecular complexity index is 370. The van der Waals surface area contributed by atoms with Gasteiger partial charge in [-0.25, -0.2) is 0 Å². The van der Waals surface area contributed by atoms with Crippen molar-refractivity contribution in [3.8, 4) is 16.3 Å². The lowest BCUT2D eigenvalue weighted by Crippen LogP contribution is -1.94. The number of thiophene rings is 1. The van der Waals surface area contributed by atoms with Gasteiger partial charge in [0.05, 0.1) is 0 Å². The molecule has 60 valence electrons. The summed E-state index contributed by atoms with van der Waals surface area (Å²) in [5.41, 5.74) is 0.688. The Kier molecular flexibility index (Phi) is 1.80. The van der Waals surface area contributed by atoms with E-state index < -0.39 is 0 Å². The van der Waals surface area contributed by atoms with Crippen LogP contribution in [0.1, 0.15) is 0 Å². The first-order valence-electron chi connectivity index (χ1n) is 3.54. The van der Waals surface area contributed by atoms with Crippen LogP contribution in [0.5, 0.6) is 5.88 Å². The number of nitrogens with zero attached hydrogens (tertiary/aromatic N) is 1. The predicted molar refractivity (Wildman–Crippen MR) is 47.0 cm³/mol. The maximum atomic E-state index is 11.2. The number of rotatable bonds is 1. The smallest absolute Gasteiger partial charge is 0.0352 e. The molecule has 0 saturated carbocycles. The van der Waals surface area contributed by atoms with Gasteiger partial charge in [0, 0.05) is 16.6 Å². The van der Waals surface area contributed by atoms with Gasteiger partial charge in [-0.2, -0.15) is 0 Å². The Morgan fingerprint density at radius 2 is 2.17 bits per heavy atom. The van der Waals surface area contributed by atoms with Crippen molar-refractivity contribution in [2.75, 3.05) is 0 Å². The summed E-state index contributed by atoms with van der Waals surface area (Å²) in [6.07, 6.45) is 1.51. The van der Waals surface area contributed by atoms with Gasteiger partial charge in [-0.05, 0) is 23.4 Å². The zero-order valence-electron chi connectivity index (χ0n) is 6.23. The van der Waals surface area contributed by atoms with Crippen LogP contribution in [0.2, 0.25) is 0 Å². The minimum absolute atomic E-state index is 0.153. The van der Waals surface area contributed by atoms with Crippen molar-refractivity contribution in [2.24, 2.45) is 0 Å². The van der Waals surface area contributed by atoms with E-state index in [9.17, 15) is 5.11 Å². The third kappa shape index (κ3) is 1.19. The Labute approximate surface area is 74.1 Å². The Morgan fingerprint density at radius 3 is 2.83 bits per heavy atom. The summed E-state index contributed by atoms with van der Waals surface area (Å²) in [5.74, 6) is -0.153. The van der Waals surface area contributed by atoms with E-state index in [-0.39, 0.29) is 5.88 Å². The second-order valence-corrected chi connectivity index (χ2v) is 3.28. The number of hydrogen-bond donors (Lipinski definition) is 0. The van der Waals surface area contributed by atoms with Gasteiger partial charge in [0.2, 0.25) is 0 Å². The van der Waals surface area contributed by atoms with E-state index in [1.54, 1.807) is 23.5 Å². The molecule has 0 saturated heterocycles. The summed E-state index contributed by atoms with van der Waals surface area (Å²) in [6.45, 7) is 0. The molecule has 2 nitrogen and oxygen atoms in total. The molecule has 0 N–H and O–H groups in total. The predicted octanol–water partition coefficient (Wildman–Crippen LogP) is 1.88. The summed E-state index contributed by atoms with van der Waals surface area (Å²) in [5, 5.41) is 13.2. The largest absolute Gasteiger partial charge is 0.858 e. The fraction of sp³-hybridized carbons (Fsp3) is 0. The van der Waals surface area contributed by atoms with Crippen molar-refractivity contribution in [3.63, 3.8) is 0 Å². The highest BCUT2D eigenvalue weighted by molar-refractivity contribution is 7.13. The molecule has 0 fully saturated rings. The fourth-order valence-corrected chi connectivity index (χ4v) is 1.75. The zero-order chi connectivity index (χ0) is 8.39. The highest BCUT2D eigenvalue weighted by Gasteiger charge is 1.97. The standard InChI is InChI=1S/C9H7NOS/c11-9-7(3-1-5-10-9)8-4-2-6-12-8/h1-6H,(H,10,11)/p-1. The molecule has 0 unspecified atom stereocenters. The molecular formula is C9H6NOS-. The first-order chi connectivity index (χ1) is 5.88. The Balaban J connectivity index is 2.55. The summed E-state index contributed by atoms with van der Waals surface area (Å²) in [7, 11) is 0. The summed E-state index contributed by atoms with van der Waals surface area (Å²) in [6, 6.07) is 7.41. The van der Waals surface area contributed by atoms with Gasteiger partial charge in [0.15, 0.2) is 0 Å². The van der Waals surface area contributed by atoms with Crippen molar-refractivity contribution >= 4 is 11.3 Å². The molecule has 2 rings (SSSR count). The molecule has 3 heteroatoms. The summed E-state index contributed by atoms with van der Waals surface area (Å²) < 4.78 is 0. The van der Waals surface area contributed by atoms with Gasteiger partial charge in [-0.3, -0.25) is 4.98 Å². The van der Waals surface area contributed by atoms with Crippen LogP contribution in [0.4, 0.5) is 0 Å². The molecule has 0 aromatic carbocycles. The van der Waals surface area contributed by atoms with Crippen LogP contribution in [-0.4, -0.2) is 4.98 Å². The molecule has 0 aliphatic carbocycles. The minimum Gasteiger partial charge on any atom is -0.858 e. The molecule has 2 aromatic rings. The highest BCUT2D eigenvalue weighted by Crippen LogP contribution is 2.28. The maximum absolute atomic E-state index is 11.2. The average molecular weight is 176 g/mol. The molecule has 0 aliphatic heterocycles. The lowest BCUT2D eigenvalue weighted by atomic mass is 10.2. The average Bonchev–Trinajstić information content (AvgIpc) is 2.57. The normalized spacial score (nSPS) is 10.0. The maximum Gasteiger partial charge on any atom is 0.0352 e. The summed E-state index contributed by atoms with van der Waals surface area (Å²) in [4.78, 5) is 4.67. The molecule has 0 radical (unpaired) electrons.